The topological polar surface area (TPSA) is 55.8 Å². The Kier molecular flexibility index (Phi) is 8.63. The van der Waals surface area contributed by atoms with Crippen LogP contribution in [0.15, 0.2) is 35.3 Å². The minimum atomic E-state index is -0.653. The number of carbonyl (C=O) groups is 2. The Morgan fingerprint density at radius 2 is 2.04 bits per heavy atom. The molecule has 144 valence electrons. The Bertz CT molecular complexity index is 657. The van der Waals surface area contributed by atoms with Crippen molar-refractivity contribution < 1.29 is 19.1 Å². The number of hydrogen-bond acceptors (Lipinski definition) is 4. The molecule has 0 saturated heterocycles. The molecule has 5 nitrogen and oxygen atoms in total. The van der Waals surface area contributed by atoms with E-state index in [4.69, 9.17) is 21.1 Å². The Labute approximate surface area is 168 Å². The standard InChI is InChI=1S/C19H25BrClNO4/c1-6-7-13(17(23)25-5)10-11-22(18(24)26-19(2,3)4)16-9-8-14(20)12-15(16)21/h6,8-9,12-13H,1,7,10-11H2,2-5H3/t13-/m1/s1. The van der Waals surface area contributed by atoms with Crippen LogP contribution in [0.5, 0.6) is 0 Å². The zero-order chi connectivity index (χ0) is 19.9. The van der Waals surface area contributed by atoms with Crippen LogP contribution in [0.25, 0.3) is 0 Å². The third kappa shape index (κ3) is 7.00. The highest BCUT2D eigenvalue weighted by Gasteiger charge is 2.27. The van der Waals surface area contributed by atoms with Gasteiger partial charge in [-0.3, -0.25) is 9.69 Å². The van der Waals surface area contributed by atoms with Gasteiger partial charge in [-0.15, -0.1) is 6.58 Å². The molecule has 0 spiro atoms. The van der Waals surface area contributed by atoms with Gasteiger partial charge < -0.3 is 9.47 Å². The summed E-state index contributed by atoms with van der Waals surface area (Å²) in [6, 6.07) is 5.23. The Morgan fingerprint density at radius 1 is 1.38 bits per heavy atom. The molecule has 1 aromatic rings. The number of benzene rings is 1. The third-order valence-electron chi connectivity index (χ3n) is 3.50. The van der Waals surface area contributed by atoms with E-state index in [2.05, 4.69) is 22.5 Å². The van der Waals surface area contributed by atoms with E-state index in [0.717, 1.165) is 4.47 Å². The lowest BCUT2D eigenvalue weighted by atomic mass is 10.0. The molecule has 7 heteroatoms. The van der Waals surface area contributed by atoms with E-state index in [-0.39, 0.29) is 12.5 Å². The zero-order valence-electron chi connectivity index (χ0n) is 15.6. The first kappa shape index (κ1) is 22.5. The maximum atomic E-state index is 12.7. The number of anilines is 1. The first-order chi connectivity index (χ1) is 12.1. The number of ether oxygens (including phenoxy) is 2. The molecule has 1 amide bonds. The van der Waals surface area contributed by atoms with E-state index in [0.29, 0.717) is 23.6 Å². The molecule has 0 fully saturated rings. The van der Waals surface area contributed by atoms with Crippen LogP contribution in [0.2, 0.25) is 5.02 Å². The molecule has 1 rings (SSSR count). The molecule has 0 N–H and O–H groups in total. The number of allylic oxidation sites excluding steroid dienone is 1. The predicted octanol–water partition coefficient (Wildman–Crippen LogP) is 5.60. The normalized spacial score (nSPS) is 12.2. The summed E-state index contributed by atoms with van der Waals surface area (Å²) >= 11 is 9.67. The fraction of sp³-hybridized carbons (Fsp3) is 0.474. The van der Waals surface area contributed by atoms with E-state index in [1.54, 1.807) is 45.0 Å². The minimum absolute atomic E-state index is 0.254. The molecule has 0 aliphatic heterocycles. The molecule has 0 aliphatic carbocycles. The Hall–Kier alpha value is -1.53. The monoisotopic (exact) mass is 445 g/mol. The average Bonchev–Trinajstić information content (AvgIpc) is 2.53. The van der Waals surface area contributed by atoms with Gasteiger partial charge in [0.05, 0.1) is 23.7 Å². The second-order valence-corrected chi connectivity index (χ2v) is 8.08. The zero-order valence-corrected chi connectivity index (χ0v) is 17.9. The molecule has 1 aromatic carbocycles. The summed E-state index contributed by atoms with van der Waals surface area (Å²) < 4.78 is 11.1. The van der Waals surface area contributed by atoms with Crippen molar-refractivity contribution >= 4 is 45.3 Å². The van der Waals surface area contributed by atoms with Crippen LogP contribution in [-0.4, -0.2) is 31.3 Å². The van der Waals surface area contributed by atoms with Gasteiger partial charge in [0.2, 0.25) is 0 Å². The van der Waals surface area contributed by atoms with E-state index in [1.165, 1.54) is 12.0 Å². The smallest absolute Gasteiger partial charge is 0.414 e. The molecule has 0 unspecified atom stereocenters. The maximum Gasteiger partial charge on any atom is 0.414 e. The highest BCUT2D eigenvalue weighted by atomic mass is 79.9. The van der Waals surface area contributed by atoms with E-state index < -0.39 is 17.6 Å². The summed E-state index contributed by atoms with van der Waals surface area (Å²) in [5.74, 6) is -0.729. The van der Waals surface area contributed by atoms with E-state index in [9.17, 15) is 9.59 Å². The molecule has 0 bridgehead atoms. The molecule has 1 atom stereocenters. The van der Waals surface area contributed by atoms with E-state index in [1.807, 2.05) is 0 Å². The Balaban J connectivity index is 3.09. The largest absolute Gasteiger partial charge is 0.469 e. The van der Waals surface area contributed by atoms with Crippen molar-refractivity contribution in [1.29, 1.82) is 0 Å². The van der Waals surface area contributed by atoms with Crippen molar-refractivity contribution in [3.8, 4) is 0 Å². The summed E-state index contributed by atoms with van der Waals surface area (Å²) in [5, 5.41) is 0.406. The third-order valence-corrected chi connectivity index (χ3v) is 4.30. The molecule has 26 heavy (non-hydrogen) atoms. The summed E-state index contributed by atoms with van der Waals surface area (Å²) in [6.07, 6.45) is 1.99. The summed E-state index contributed by atoms with van der Waals surface area (Å²) in [4.78, 5) is 26.1. The molecule has 0 radical (unpaired) electrons. The van der Waals surface area contributed by atoms with E-state index >= 15 is 0 Å². The highest BCUT2D eigenvalue weighted by molar-refractivity contribution is 9.10. The van der Waals surface area contributed by atoms with Crippen molar-refractivity contribution in [3.63, 3.8) is 0 Å². The van der Waals surface area contributed by atoms with Gasteiger partial charge in [-0.05, 0) is 51.8 Å². The van der Waals surface area contributed by atoms with Crippen LogP contribution in [0, 0.1) is 5.92 Å². The average molecular weight is 447 g/mol. The van der Waals surface area contributed by atoms with Crippen molar-refractivity contribution in [1.82, 2.24) is 0 Å². The summed E-state index contributed by atoms with van der Waals surface area (Å²) in [5.41, 5.74) is -0.133. The number of amides is 1. The summed E-state index contributed by atoms with van der Waals surface area (Å²) in [6.45, 7) is 9.30. The van der Waals surface area contributed by atoms with Gasteiger partial charge >= 0.3 is 12.1 Å². The van der Waals surface area contributed by atoms with Gasteiger partial charge in [-0.25, -0.2) is 4.79 Å². The number of hydrogen-bond donors (Lipinski definition) is 0. The number of halogens is 2. The van der Waals surface area contributed by atoms with Crippen LogP contribution in [0.3, 0.4) is 0 Å². The highest BCUT2D eigenvalue weighted by Crippen LogP contribution is 2.31. The fourth-order valence-electron chi connectivity index (χ4n) is 2.31. The fourth-order valence-corrected chi connectivity index (χ4v) is 3.09. The van der Waals surface area contributed by atoms with Gasteiger partial charge in [-0.1, -0.05) is 33.6 Å². The predicted molar refractivity (Wildman–Crippen MR) is 108 cm³/mol. The van der Waals surface area contributed by atoms with Crippen molar-refractivity contribution in [2.24, 2.45) is 5.92 Å². The Morgan fingerprint density at radius 3 is 2.54 bits per heavy atom. The molecule has 0 heterocycles. The van der Waals surface area contributed by atoms with Crippen molar-refractivity contribution in [2.45, 2.75) is 39.2 Å². The minimum Gasteiger partial charge on any atom is -0.469 e. The van der Waals surface area contributed by atoms with Gasteiger partial charge in [0, 0.05) is 11.0 Å². The lowest BCUT2D eigenvalue weighted by molar-refractivity contribution is -0.145. The maximum absolute atomic E-state index is 12.7. The molecule has 0 aliphatic rings. The number of nitrogens with zero attached hydrogens (tertiary/aromatic N) is 1. The lowest BCUT2D eigenvalue weighted by Gasteiger charge is -2.29. The number of rotatable bonds is 7. The van der Waals surface area contributed by atoms with Gasteiger partial charge in [0.1, 0.15) is 5.60 Å². The first-order valence-electron chi connectivity index (χ1n) is 8.23. The quantitative estimate of drug-likeness (QED) is 0.404. The van der Waals surface area contributed by atoms with Gasteiger partial charge in [0.25, 0.3) is 0 Å². The molecular weight excluding hydrogens is 422 g/mol. The van der Waals surface area contributed by atoms with Crippen molar-refractivity contribution in [2.75, 3.05) is 18.6 Å². The lowest BCUT2D eigenvalue weighted by Crippen LogP contribution is -2.38. The van der Waals surface area contributed by atoms with Gasteiger partial charge in [0.15, 0.2) is 0 Å². The number of carbonyl (C=O) groups excluding carboxylic acids is 2. The van der Waals surface area contributed by atoms with Crippen LogP contribution in [0.4, 0.5) is 10.5 Å². The first-order valence-corrected chi connectivity index (χ1v) is 9.40. The second-order valence-electron chi connectivity index (χ2n) is 6.76. The SMILES string of the molecule is C=CC[C@H](CCN(C(=O)OC(C)(C)C)c1ccc(Br)cc1Cl)C(=O)OC. The second kappa shape index (κ2) is 9.97. The van der Waals surface area contributed by atoms with Gasteiger partial charge in [-0.2, -0.15) is 0 Å². The molecule has 0 aromatic heterocycles. The van der Waals surface area contributed by atoms with Crippen LogP contribution >= 0.6 is 27.5 Å². The van der Waals surface area contributed by atoms with Crippen LogP contribution in [0.1, 0.15) is 33.6 Å². The molecular formula is C19H25BrClNO4. The number of esters is 1. The van der Waals surface area contributed by atoms with Crippen molar-refractivity contribution in [3.05, 3.63) is 40.3 Å². The summed E-state index contributed by atoms with van der Waals surface area (Å²) in [7, 11) is 1.34. The van der Waals surface area contributed by atoms with Crippen LogP contribution < -0.4 is 4.90 Å². The number of methoxy groups -OCH3 is 1. The molecule has 0 saturated carbocycles. The van der Waals surface area contributed by atoms with Crippen LogP contribution in [-0.2, 0) is 14.3 Å².